The summed E-state index contributed by atoms with van der Waals surface area (Å²) < 4.78 is 5.11. The summed E-state index contributed by atoms with van der Waals surface area (Å²) in [6.45, 7) is 1.00. The molecule has 2 atom stereocenters. The van der Waals surface area contributed by atoms with Crippen molar-refractivity contribution in [2.24, 2.45) is 0 Å². The number of morpholine rings is 1. The van der Waals surface area contributed by atoms with Crippen molar-refractivity contribution >= 4 is 35.4 Å². The topological polar surface area (TPSA) is 66.8 Å². The number of rotatable bonds is 3. The van der Waals surface area contributed by atoms with Gasteiger partial charge in [0.25, 0.3) is 0 Å². The van der Waals surface area contributed by atoms with Crippen molar-refractivity contribution in [1.29, 1.82) is 0 Å². The fourth-order valence-electron chi connectivity index (χ4n) is 2.00. The molecule has 2 heterocycles. The minimum atomic E-state index is -0.991. The maximum atomic E-state index is 12.1. The molecule has 2 unspecified atom stereocenters. The smallest absolute Gasteiger partial charge is 0.334 e. The van der Waals surface area contributed by atoms with E-state index in [0.717, 1.165) is 17.3 Å². The molecule has 0 bridgehead atoms. The fourth-order valence-corrected chi connectivity index (χ4v) is 4.67. The summed E-state index contributed by atoms with van der Waals surface area (Å²) in [5.41, 5.74) is 0. The molecule has 0 aromatic heterocycles. The Labute approximate surface area is 115 Å². The van der Waals surface area contributed by atoms with Gasteiger partial charge in [-0.15, -0.1) is 0 Å². The Morgan fingerprint density at radius 2 is 2.22 bits per heavy atom. The second kappa shape index (κ2) is 6.68. The molecule has 7 heteroatoms. The molecule has 2 rings (SSSR count). The van der Waals surface area contributed by atoms with Crippen LogP contribution in [0.3, 0.4) is 0 Å². The lowest BCUT2D eigenvalue weighted by atomic mass is 10.2. The molecule has 2 fully saturated rings. The van der Waals surface area contributed by atoms with Gasteiger partial charge >= 0.3 is 5.97 Å². The first kappa shape index (κ1) is 14.0. The first-order valence-electron chi connectivity index (χ1n) is 5.98. The molecule has 1 N–H and O–H groups in total. The maximum absolute atomic E-state index is 12.1. The van der Waals surface area contributed by atoms with E-state index in [0.29, 0.717) is 24.8 Å². The molecule has 2 saturated heterocycles. The average Bonchev–Trinajstić information content (AvgIpc) is 2.40. The van der Waals surface area contributed by atoms with Crippen LogP contribution in [-0.4, -0.2) is 70.2 Å². The Hall–Kier alpha value is -0.400. The van der Waals surface area contributed by atoms with Gasteiger partial charge < -0.3 is 14.7 Å². The summed E-state index contributed by atoms with van der Waals surface area (Å²) in [7, 11) is 0. The molecule has 0 radical (unpaired) electrons. The lowest BCUT2D eigenvalue weighted by Crippen LogP contribution is -2.49. The van der Waals surface area contributed by atoms with Crippen LogP contribution in [0.5, 0.6) is 0 Å². The van der Waals surface area contributed by atoms with Crippen molar-refractivity contribution in [3.63, 3.8) is 0 Å². The van der Waals surface area contributed by atoms with E-state index in [1.165, 1.54) is 0 Å². The van der Waals surface area contributed by atoms with Crippen molar-refractivity contribution in [3.8, 4) is 0 Å². The second-order valence-corrected chi connectivity index (χ2v) is 6.87. The number of carbonyl (C=O) groups is 2. The predicted molar refractivity (Wildman–Crippen MR) is 72.1 cm³/mol. The van der Waals surface area contributed by atoms with Gasteiger partial charge in [-0.05, 0) is 0 Å². The number of carbonyl (C=O) groups excluding carboxylic acids is 1. The van der Waals surface area contributed by atoms with Crippen LogP contribution in [0.25, 0.3) is 0 Å². The maximum Gasteiger partial charge on any atom is 0.334 e. The van der Waals surface area contributed by atoms with E-state index in [9.17, 15) is 9.59 Å². The Morgan fingerprint density at radius 1 is 1.39 bits per heavy atom. The van der Waals surface area contributed by atoms with Gasteiger partial charge in [-0.1, -0.05) is 0 Å². The molecule has 1 amide bonds. The largest absolute Gasteiger partial charge is 0.479 e. The molecular formula is C11H17NO4S2. The molecule has 2 aliphatic rings. The minimum absolute atomic E-state index is 0.0598. The SMILES string of the molecule is O=C(O)C1CN(C(=O)CC2CSCCS2)CCO1. The summed E-state index contributed by atoms with van der Waals surface area (Å²) in [4.78, 5) is 24.6. The molecule has 0 aromatic rings. The number of carboxylic acids is 1. The van der Waals surface area contributed by atoms with E-state index >= 15 is 0 Å². The fraction of sp³-hybridized carbons (Fsp3) is 0.818. The zero-order valence-electron chi connectivity index (χ0n) is 10.0. The van der Waals surface area contributed by atoms with Crippen LogP contribution in [-0.2, 0) is 14.3 Å². The van der Waals surface area contributed by atoms with Gasteiger partial charge in [-0.3, -0.25) is 4.79 Å². The third-order valence-corrected chi connectivity index (χ3v) is 5.83. The number of carboxylic acid groups (broad SMARTS) is 1. The molecule has 5 nitrogen and oxygen atoms in total. The van der Waals surface area contributed by atoms with Crippen molar-refractivity contribution in [2.75, 3.05) is 37.0 Å². The summed E-state index contributed by atoms with van der Waals surface area (Å²) in [5, 5.41) is 9.27. The van der Waals surface area contributed by atoms with Crippen LogP contribution >= 0.6 is 23.5 Å². The number of aliphatic carboxylic acids is 1. The number of ether oxygens (including phenoxy) is 1. The Morgan fingerprint density at radius 3 is 2.89 bits per heavy atom. The first-order valence-corrected chi connectivity index (χ1v) is 8.18. The second-order valence-electron chi connectivity index (χ2n) is 4.31. The molecule has 102 valence electrons. The van der Waals surface area contributed by atoms with E-state index < -0.39 is 12.1 Å². The molecular weight excluding hydrogens is 274 g/mol. The number of nitrogens with zero attached hydrogens (tertiary/aromatic N) is 1. The average molecular weight is 291 g/mol. The van der Waals surface area contributed by atoms with Gasteiger partial charge in [-0.25, -0.2) is 4.79 Å². The van der Waals surface area contributed by atoms with Crippen molar-refractivity contribution in [3.05, 3.63) is 0 Å². The van der Waals surface area contributed by atoms with Gasteiger partial charge in [0.2, 0.25) is 5.91 Å². The summed E-state index contributed by atoms with van der Waals surface area (Å²) in [5.74, 6) is 2.35. The zero-order chi connectivity index (χ0) is 13.0. The predicted octanol–water partition coefficient (Wildman–Crippen LogP) is 0.537. The van der Waals surface area contributed by atoms with Crippen molar-refractivity contribution in [2.45, 2.75) is 17.8 Å². The van der Waals surface area contributed by atoms with Crippen LogP contribution in [0.15, 0.2) is 0 Å². The van der Waals surface area contributed by atoms with Crippen LogP contribution in [0, 0.1) is 0 Å². The van der Waals surface area contributed by atoms with Crippen molar-refractivity contribution < 1.29 is 19.4 Å². The van der Waals surface area contributed by atoms with Crippen LogP contribution in [0.2, 0.25) is 0 Å². The number of amides is 1. The van der Waals surface area contributed by atoms with Gasteiger partial charge in [-0.2, -0.15) is 23.5 Å². The number of hydrogen-bond donors (Lipinski definition) is 1. The van der Waals surface area contributed by atoms with Gasteiger partial charge in [0.15, 0.2) is 6.10 Å². The van der Waals surface area contributed by atoms with E-state index in [1.807, 2.05) is 23.5 Å². The zero-order valence-corrected chi connectivity index (χ0v) is 11.7. The Kier molecular flexibility index (Phi) is 5.20. The molecule has 0 spiro atoms. The highest BCUT2D eigenvalue weighted by atomic mass is 32.2. The van der Waals surface area contributed by atoms with E-state index in [1.54, 1.807) is 4.90 Å². The van der Waals surface area contributed by atoms with Gasteiger partial charge in [0, 0.05) is 35.5 Å². The normalized spacial score (nSPS) is 29.0. The minimum Gasteiger partial charge on any atom is -0.479 e. The Balaban J connectivity index is 1.82. The summed E-state index contributed by atoms with van der Waals surface area (Å²) in [6.07, 6.45) is -0.347. The monoisotopic (exact) mass is 291 g/mol. The third kappa shape index (κ3) is 3.80. The summed E-state index contributed by atoms with van der Waals surface area (Å²) in [6, 6.07) is 0. The highest BCUT2D eigenvalue weighted by Crippen LogP contribution is 2.27. The van der Waals surface area contributed by atoms with Crippen LogP contribution in [0.1, 0.15) is 6.42 Å². The standard InChI is InChI=1S/C11H17NO4S2/c13-10(5-8-7-17-3-4-18-8)12-1-2-16-9(6-12)11(14)15/h8-9H,1-7H2,(H,14,15). The van der Waals surface area contributed by atoms with Crippen molar-refractivity contribution in [1.82, 2.24) is 4.90 Å². The third-order valence-electron chi connectivity index (χ3n) is 2.98. The molecule has 0 saturated carbocycles. The molecule has 18 heavy (non-hydrogen) atoms. The molecule has 0 aromatic carbocycles. The molecule has 0 aliphatic carbocycles. The van der Waals surface area contributed by atoms with Gasteiger partial charge in [0.05, 0.1) is 13.2 Å². The Bertz CT molecular complexity index is 320. The highest BCUT2D eigenvalue weighted by Gasteiger charge is 2.30. The summed E-state index contributed by atoms with van der Waals surface area (Å²) >= 11 is 3.73. The number of thioether (sulfide) groups is 2. The highest BCUT2D eigenvalue weighted by molar-refractivity contribution is 8.06. The first-order chi connectivity index (χ1) is 8.66. The lowest BCUT2D eigenvalue weighted by Gasteiger charge is -2.32. The van der Waals surface area contributed by atoms with E-state index in [-0.39, 0.29) is 12.5 Å². The van der Waals surface area contributed by atoms with E-state index in [2.05, 4.69) is 0 Å². The lowest BCUT2D eigenvalue weighted by molar-refractivity contribution is -0.159. The number of hydrogen-bond acceptors (Lipinski definition) is 5. The van der Waals surface area contributed by atoms with Gasteiger partial charge in [0.1, 0.15) is 0 Å². The molecule has 2 aliphatic heterocycles. The quantitative estimate of drug-likeness (QED) is 0.818. The van der Waals surface area contributed by atoms with E-state index in [4.69, 9.17) is 9.84 Å². The van der Waals surface area contributed by atoms with Crippen LogP contribution in [0.4, 0.5) is 0 Å². The van der Waals surface area contributed by atoms with Crippen LogP contribution < -0.4 is 0 Å².